The van der Waals surface area contributed by atoms with E-state index >= 15 is 0 Å². The third-order valence-corrected chi connectivity index (χ3v) is 10.9. The minimum Gasteiger partial charge on any atom is -0.462 e. The van der Waals surface area contributed by atoms with Gasteiger partial charge in [-0.3, -0.25) is 37.3 Å². The SMILES string of the molecule is CC/C=C/CCCC(=O)O[C@H](COC(=O)CCCCCC)COP(=O)(O)OC[C@H](O)COP(=O)(O)OC[C@@H](COC(=O)CCCC)OC(=O)CCCCCCCCCCCC. The molecule has 19 heteroatoms. The Hall–Kier alpha value is -2.20. The zero-order valence-corrected chi connectivity index (χ0v) is 39.1. The summed E-state index contributed by atoms with van der Waals surface area (Å²) in [6, 6.07) is 0. The number of aliphatic hydroxyl groups excluding tert-OH is 1. The summed E-state index contributed by atoms with van der Waals surface area (Å²) in [6.07, 6.45) is 17.7. The van der Waals surface area contributed by atoms with Crippen molar-refractivity contribution in [1.29, 1.82) is 0 Å². The molecule has 0 aliphatic rings. The van der Waals surface area contributed by atoms with Crippen LogP contribution in [0.3, 0.4) is 0 Å². The van der Waals surface area contributed by atoms with Gasteiger partial charge in [-0.15, -0.1) is 0 Å². The quantitative estimate of drug-likeness (QED) is 0.0170. The lowest BCUT2D eigenvalue weighted by atomic mass is 10.1. The van der Waals surface area contributed by atoms with Crippen molar-refractivity contribution in [3.63, 3.8) is 0 Å². The molecule has 0 saturated heterocycles. The molecule has 5 atom stereocenters. The Morgan fingerprint density at radius 3 is 1.26 bits per heavy atom. The highest BCUT2D eigenvalue weighted by Gasteiger charge is 2.30. The Balaban J connectivity index is 5.03. The number of rotatable bonds is 42. The molecule has 0 saturated carbocycles. The molecule has 0 rings (SSSR count). The molecule has 358 valence electrons. The predicted molar refractivity (Wildman–Crippen MR) is 229 cm³/mol. The van der Waals surface area contributed by atoms with E-state index in [2.05, 4.69) is 6.92 Å². The maximum Gasteiger partial charge on any atom is 0.472 e. The van der Waals surface area contributed by atoms with Crippen molar-refractivity contribution in [2.45, 2.75) is 194 Å². The predicted octanol–water partition coefficient (Wildman–Crippen LogP) is 9.13. The minimum absolute atomic E-state index is 0.0468. The van der Waals surface area contributed by atoms with Crippen molar-refractivity contribution in [2.75, 3.05) is 39.6 Å². The van der Waals surface area contributed by atoms with Crippen LogP contribution in [0.1, 0.15) is 175 Å². The van der Waals surface area contributed by atoms with Gasteiger partial charge >= 0.3 is 39.5 Å². The first-order chi connectivity index (χ1) is 29.2. The molecule has 3 N–H and O–H groups in total. The lowest BCUT2D eigenvalue weighted by Gasteiger charge is -2.21. The third kappa shape index (κ3) is 38.0. The molecular formula is C42H78O17P2. The van der Waals surface area contributed by atoms with Crippen LogP contribution in [0.25, 0.3) is 0 Å². The molecule has 0 bridgehead atoms. The smallest absolute Gasteiger partial charge is 0.462 e. The molecule has 0 aromatic carbocycles. The van der Waals surface area contributed by atoms with Gasteiger partial charge in [-0.1, -0.05) is 123 Å². The van der Waals surface area contributed by atoms with Crippen LogP contribution >= 0.6 is 15.6 Å². The summed E-state index contributed by atoms with van der Waals surface area (Å²) in [5, 5.41) is 10.3. The van der Waals surface area contributed by atoms with Crippen LogP contribution in [-0.4, -0.2) is 96.7 Å². The van der Waals surface area contributed by atoms with Crippen molar-refractivity contribution in [3.8, 4) is 0 Å². The summed E-state index contributed by atoms with van der Waals surface area (Å²) in [4.78, 5) is 69.8. The maximum absolute atomic E-state index is 12.6. The highest BCUT2D eigenvalue weighted by Crippen LogP contribution is 2.45. The molecule has 61 heavy (non-hydrogen) atoms. The summed E-state index contributed by atoms with van der Waals surface area (Å²) in [5.41, 5.74) is 0. The van der Waals surface area contributed by atoms with Gasteiger partial charge in [0.2, 0.25) is 0 Å². The van der Waals surface area contributed by atoms with Crippen LogP contribution in [0.2, 0.25) is 0 Å². The molecule has 0 spiro atoms. The number of allylic oxidation sites excluding steroid dienone is 2. The van der Waals surface area contributed by atoms with Gasteiger partial charge in [0.1, 0.15) is 19.3 Å². The van der Waals surface area contributed by atoms with E-state index in [1.165, 1.54) is 32.1 Å². The average molecular weight is 917 g/mol. The number of unbranched alkanes of at least 4 members (excludes halogenated alkanes) is 14. The van der Waals surface area contributed by atoms with E-state index in [9.17, 15) is 43.2 Å². The highest BCUT2D eigenvalue weighted by atomic mass is 31.2. The number of hydrogen-bond donors (Lipinski definition) is 3. The number of esters is 4. The Morgan fingerprint density at radius 2 is 0.820 bits per heavy atom. The molecular weight excluding hydrogens is 838 g/mol. The van der Waals surface area contributed by atoms with Gasteiger partial charge in [-0.25, -0.2) is 9.13 Å². The van der Waals surface area contributed by atoms with E-state index < -0.39 is 97.5 Å². The average Bonchev–Trinajstić information content (AvgIpc) is 3.22. The Bertz CT molecular complexity index is 1280. The topological polar surface area (TPSA) is 237 Å². The van der Waals surface area contributed by atoms with Crippen LogP contribution in [0.5, 0.6) is 0 Å². The van der Waals surface area contributed by atoms with E-state index in [0.29, 0.717) is 32.1 Å². The van der Waals surface area contributed by atoms with E-state index in [-0.39, 0.29) is 25.7 Å². The molecule has 17 nitrogen and oxygen atoms in total. The van der Waals surface area contributed by atoms with Crippen LogP contribution in [0.4, 0.5) is 0 Å². The summed E-state index contributed by atoms with van der Waals surface area (Å²) < 4.78 is 66.0. The molecule has 0 heterocycles. The van der Waals surface area contributed by atoms with Crippen molar-refractivity contribution in [1.82, 2.24) is 0 Å². The summed E-state index contributed by atoms with van der Waals surface area (Å²) in [5.74, 6) is -2.28. The second kappa shape index (κ2) is 38.3. The van der Waals surface area contributed by atoms with Crippen LogP contribution in [-0.2, 0) is 65.4 Å². The van der Waals surface area contributed by atoms with Gasteiger partial charge in [-0.2, -0.15) is 0 Å². The maximum atomic E-state index is 12.6. The number of phosphoric ester groups is 2. The van der Waals surface area contributed by atoms with Crippen molar-refractivity contribution < 1.29 is 80.2 Å². The molecule has 0 aromatic rings. The lowest BCUT2D eigenvalue weighted by molar-refractivity contribution is -0.161. The number of carbonyl (C=O) groups is 4. The van der Waals surface area contributed by atoms with Gasteiger partial charge in [0.05, 0.1) is 26.4 Å². The van der Waals surface area contributed by atoms with Crippen molar-refractivity contribution >= 4 is 39.5 Å². The molecule has 2 unspecified atom stereocenters. The summed E-state index contributed by atoms with van der Waals surface area (Å²) in [7, 11) is -9.81. The fourth-order valence-corrected chi connectivity index (χ4v) is 7.08. The zero-order chi connectivity index (χ0) is 45.6. The van der Waals surface area contributed by atoms with Crippen molar-refractivity contribution in [2.24, 2.45) is 0 Å². The monoisotopic (exact) mass is 916 g/mol. The molecule has 0 aromatic heterocycles. The van der Waals surface area contributed by atoms with E-state index in [4.69, 9.17) is 37.0 Å². The number of aliphatic hydroxyl groups is 1. The fourth-order valence-electron chi connectivity index (χ4n) is 5.50. The Kier molecular flexibility index (Phi) is 36.9. The minimum atomic E-state index is -4.91. The van der Waals surface area contributed by atoms with Gasteiger partial charge in [0.15, 0.2) is 12.2 Å². The zero-order valence-electron chi connectivity index (χ0n) is 37.3. The van der Waals surface area contributed by atoms with E-state index in [1.807, 2.05) is 32.9 Å². The van der Waals surface area contributed by atoms with Gasteiger partial charge < -0.3 is 33.8 Å². The molecule has 0 aliphatic heterocycles. The Morgan fingerprint density at radius 1 is 0.459 bits per heavy atom. The second-order valence-electron chi connectivity index (χ2n) is 15.0. The number of hydrogen-bond acceptors (Lipinski definition) is 15. The lowest BCUT2D eigenvalue weighted by Crippen LogP contribution is -2.30. The van der Waals surface area contributed by atoms with Crippen LogP contribution < -0.4 is 0 Å². The first kappa shape index (κ1) is 58.8. The normalized spacial score (nSPS) is 15.1. The van der Waals surface area contributed by atoms with E-state index in [1.54, 1.807) is 0 Å². The number of ether oxygens (including phenoxy) is 4. The van der Waals surface area contributed by atoms with Gasteiger partial charge in [0, 0.05) is 25.7 Å². The Labute approximate surface area is 364 Å². The first-order valence-electron chi connectivity index (χ1n) is 22.4. The van der Waals surface area contributed by atoms with Crippen molar-refractivity contribution in [3.05, 3.63) is 12.2 Å². The van der Waals surface area contributed by atoms with Gasteiger partial charge in [0.25, 0.3) is 0 Å². The fraction of sp³-hybridized carbons (Fsp3) is 0.857. The third-order valence-electron chi connectivity index (χ3n) is 9.02. The largest absolute Gasteiger partial charge is 0.472 e. The number of phosphoric acid groups is 2. The van der Waals surface area contributed by atoms with Crippen LogP contribution in [0.15, 0.2) is 12.2 Å². The molecule has 0 radical (unpaired) electrons. The molecule has 0 fully saturated rings. The second-order valence-corrected chi connectivity index (χ2v) is 17.9. The van der Waals surface area contributed by atoms with Crippen LogP contribution in [0, 0.1) is 0 Å². The highest BCUT2D eigenvalue weighted by molar-refractivity contribution is 7.47. The first-order valence-corrected chi connectivity index (χ1v) is 25.4. The molecule has 0 amide bonds. The number of carbonyl (C=O) groups excluding carboxylic acids is 4. The van der Waals surface area contributed by atoms with Gasteiger partial charge in [-0.05, 0) is 38.5 Å². The molecule has 0 aliphatic carbocycles. The summed E-state index contributed by atoms with van der Waals surface area (Å²) in [6.45, 7) is 4.09. The van der Waals surface area contributed by atoms with E-state index in [0.717, 1.165) is 57.8 Å². The standard InChI is InChI=1S/C42H78O17P2/c1-5-9-13-16-17-18-19-20-22-25-29-42(47)58-37(32-52-39(44)26-12-8-4)34-56-60(48,49)54-30-36(43)31-55-61(50,51)57-35-38(33-53-40(45)27-23-15-11-7-3)59-41(46)28-24-21-14-10-6-2/h10,14,36-38,43H,5-9,11-13,15-35H2,1-4H3,(H,48,49)(H,50,51)/b14-10+/t36-,37-,38-/m1/s1. The summed E-state index contributed by atoms with van der Waals surface area (Å²) >= 11 is 0.